The summed E-state index contributed by atoms with van der Waals surface area (Å²) in [5.41, 5.74) is 0.366. The Morgan fingerprint density at radius 1 is 1.15 bits per heavy atom. The lowest BCUT2D eigenvalue weighted by molar-refractivity contribution is 0.0919. The Bertz CT molecular complexity index is 955. The van der Waals surface area contributed by atoms with Gasteiger partial charge >= 0.3 is 0 Å². The van der Waals surface area contributed by atoms with Gasteiger partial charge < -0.3 is 10.1 Å². The number of hydrogen-bond acceptors (Lipinski definition) is 4. The summed E-state index contributed by atoms with van der Waals surface area (Å²) in [5, 5.41) is 3.09. The summed E-state index contributed by atoms with van der Waals surface area (Å²) in [4.78, 5) is 12.1. The third-order valence-corrected chi connectivity index (χ3v) is 5.55. The van der Waals surface area contributed by atoms with Gasteiger partial charge in [0.25, 0.3) is 15.9 Å². The molecule has 0 saturated heterocycles. The van der Waals surface area contributed by atoms with E-state index >= 15 is 0 Å². The molecular weight excluding hydrogens is 456 g/mol. The van der Waals surface area contributed by atoms with Crippen LogP contribution in [0.3, 0.4) is 0 Å². The van der Waals surface area contributed by atoms with E-state index in [4.69, 9.17) is 16.3 Å². The van der Waals surface area contributed by atoms with Gasteiger partial charge in [0.1, 0.15) is 4.90 Å². The Morgan fingerprint density at radius 2 is 1.74 bits per heavy atom. The first-order valence-corrected chi connectivity index (χ1v) is 10.6. The topological polar surface area (TPSA) is 84.5 Å². The van der Waals surface area contributed by atoms with Crippen LogP contribution in [0.2, 0.25) is 5.02 Å². The van der Waals surface area contributed by atoms with Crippen LogP contribution in [-0.4, -0.2) is 27.0 Å². The lowest BCUT2D eigenvalue weighted by Gasteiger charge is -2.20. The molecule has 2 aromatic carbocycles. The molecule has 2 rings (SSSR count). The van der Waals surface area contributed by atoms with Gasteiger partial charge in [0, 0.05) is 21.8 Å². The highest BCUT2D eigenvalue weighted by Gasteiger charge is 2.23. The number of anilines is 1. The highest BCUT2D eigenvalue weighted by Crippen LogP contribution is 2.36. The largest absolute Gasteiger partial charge is 0.494 e. The molecule has 0 aliphatic rings. The molecule has 1 amide bonds. The molecule has 2 N–H and O–H groups in total. The van der Waals surface area contributed by atoms with Gasteiger partial charge in [-0.25, -0.2) is 8.42 Å². The fraction of sp³-hybridized carbons (Fsp3) is 0.278. The van der Waals surface area contributed by atoms with Crippen molar-refractivity contribution in [1.82, 2.24) is 5.32 Å². The zero-order valence-electron chi connectivity index (χ0n) is 15.3. The van der Waals surface area contributed by atoms with Gasteiger partial charge in [0.05, 0.1) is 11.6 Å². The predicted octanol–water partition coefficient (Wildman–Crippen LogP) is 4.44. The maximum Gasteiger partial charge on any atom is 0.265 e. The molecular formula is C18H20BrClN2O4S. The molecule has 146 valence electrons. The average molecular weight is 476 g/mol. The van der Waals surface area contributed by atoms with Crippen LogP contribution in [0.1, 0.15) is 31.1 Å². The fourth-order valence-electron chi connectivity index (χ4n) is 2.25. The van der Waals surface area contributed by atoms with Crippen molar-refractivity contribution in [3.05, 3.63) is 51.5 Å². The number of methoxy groups -OCH3 is 1. The minimum Gasteiger partial charge on any atom is -0.494 e. The number of rotatable bonds is 5. The summed E-state index contributed by atoms with van der Waals surface area (Å²) in [7, 11) is -2.58. The van der Waals surface area contributed by atoms with Gasteiger partial charge in [-0.15, -0.1) is 0 Å². The molecule has 0 fully saturated rings. The lowest BCUT2D eigenvalue weighted by Crippen LogP contribution is -2.40. The third kappa shape index (κ3) is 5.60. The monoisotopic (exact) mass is 474 g/mol. The molecule has 0 aliphatic heterocycles. The zero-order valence-corrected chi connectivity index (χ0v) is 18.4. The Kier molecular flexibility index (Phi) is 6.44. The molecule has 0 bridgehead atoms. The quantitative estimate of drug-likeness (QED) is 0.669. The van der Waals surface area contributed by atoms with Crippen LogP contribution < -0.4 is 14.8 Å². The second-order valence-corrected chi connectivity index (χ2v) is 9.75. The van der Waals surface area contributed by atoms with Crippen molar-refractivity contribution in [2.45, 2.75) is 31.2 Å². The summed E-state index contributed by atoms with van der Waals surface area (Å²) in [6.07, 6.45) is 0. The molecule has 0 unspecified atom stereocenters. The minimum atomic E-state index is -3.95. The van der Waals surface area contributed by atoms with Crippen molar-refractivity contribution < 1.29 is 17.9 Å². The predicted molar refractivity (Wildman–Crippen MR) is 110 cm³/mol. The van der Waals surface area contributed by atoms with Crippen LogP contribution in [0.5, 0.6) is 5.75 Å². The second-order valence-electron chi connectivity index (χ2n) is 6.81. The lowest BCUT2D eigenvalue weighted by atomic mass is 10.1. The van der Waals surface area contributed by atoms with Gasteiger partial charge in [-0.1, -0.05) is 11.6 Å². The van der Waals surface area contributed by atoms with E-state index in [9.17, 15) is 13.2 Å². The summed E-state index contributed by atoms with van der Waals surface area (Å²) in [5.74, 6) is -0.0922. The summed E-state index contributed by atoms with van der Waals surface area (Å²) >= 11 is 9.21. The molecule has 0 aromatic heterocycles. The Hall–Kier alpha value is -1.77. The molecule has 0 aliphatic carbocycles. The molecule has 2 aromatic rings. The van der Waals surface area contributed by atoms with E-state index in [1.165, 1.54) is 25.3 Å². The van der Waals surface area contributed by atoms with E-state index in [-0.39, 0.29) is 27.1 Å². The molecule has 0 radical (unpaired) electrons. The van der Waals surface area contributed by atoms with E-state index in [0.717, 1.165) is 0 Å². The average Bonchev–Trinajstić information content (AvgIpc) is 2.53. The first-order chi connectivity index (χ1) is 12.4. The highest BCUT2D eigenvalue weighted by atomic mass is 79.9. The van der Waals surface area contributed by atoms with E-state index in [1.54, 1.807) is 18.2 Å². The number of nitrogens with one attached hydrogen (secondary N) is 2. The molecule has 0 saturated carbocycles. The maximum absolute atomic E-state index is 12.7. The van der Waals surface area contributed by atoms with Crippen molar-refractivity contribution in [3.8, 4) is 5.75 Å². The highest BCUT2D eigenvalue weighted by molar-refractivity contribution is 9.10. The standard InChI is InChI=1S/C18H20BrClN2O4S/c1-18(2,3)21-17(23)11-5-7-13(8-6-11)22-27(24,25)15-10-12(20)9-14(19)16(15)26-4/h5-10,22H,1-4H3,(H,21,23). The number of amides is 1. The number of ether oxygens (including phenoxy) is 1. The van der Waals surface area contributed by atoms with Crippen LogP contribution in [0.15, 0.2) is 45.8 Å². The molecule has 0 spiro atoms. The van der Waals surface area contributed by atoms with Crippen molar-refractivity contribution in [2.75, 3.05) is 11.8 Å². The van der Waals surface area contributed by atoms with Crippen molar-refractivity contribution in [3.63, 3.8) is 0 Å². The maximum atomic E-state index is 12.7. The van der Waals surface area contributed by atoms with Crippen molar-refractivity contribution >= 4 is 49.1 Å². The minimum absolute atomic E-state index is 0.0982. The first kappa shape index (κ1) is 21.5. The normalized spacial score (nSPS) is 11.8. The van der Waals surface area contributed by atoms with Crippen LogP contribution in [0.25, 0.3) is 0 Å². The molecule has 6 nitrogen and oxygen atoms in total. The number of carbonyl (C=O) groups excluding carboxylic acids is 1. The number of hydrogen-bond donors (Lipinski definition) is 2. The number of halogens is 2. The Labute approximate surface area is 172 Å². The summed E-state index contributed by atoms with van der Waals surface area (Å²) in [6.45, 7) is 5.64. The van der Waals surface area contributed by atoms with Gasteiger partial charge in [0.2, 0.25) is 0 Å². The van der Waals surface area contributed by atoms with Gasteiger partial charge in [-0.2, -0.15) is 0 Å². The third-order valence-electron chi connectivity index (χ3n) is 3.36. The van der Waals surface area contributed by atoms with Crippen molar-refractivity contribution in [1.29, 1.82) is 0 Å². The first-order valence-electron chi connectivity index (χ1n) is 7.91. The van der Waals surface area contributed by atoms with E-state index in [2.05, 4.69) is 26.0 Å². The zero-order chi connectivity index (χ0) is 20.4. The molecule has 0 heterocycles. The SMILES string of the molecule is COc1c(Br)cc(Cl)cc1S(=O)(=O)Nc1ccc(C(=O)NC(C)(C)C)cc1. The van der Waals surface area contributed by atoms with Crippen LogP contribution >= 0.6 is 27.5 Å². The van der Waals surface area contributed by atoms with E-state index in [0.29, 0.717) is 15.7 Å². The molecule has 9 heteroatoms. The van der Waals surface area contributed by atoms with Crippen LogP contribution in [0.4, 0.5) is 5.69 Å². The second kappa shape index (κ2) is 8.08. The van der Waals surface area contributed by atoms with E-state index in [1.807, 2.05) is 20.8 Å². The van der Waals surface area contributed by atoms with Crippen molar-refractivity contribution in [2.24, 2.45) is 0 Å². The van der Waals surface area contributed by atoms with Crippen LogP contribution in [0, 0.1) is 0 Å². The molecule has 27 heavy (non-hydrogen) atoms. The van der Waals surface area contributed by atoms with Gasteiger partial charge in [0.15, 0.2) is 5.75 Å². The molecule has 0 atom stereocenters. The van der Waals surface area contributed by atoms with Gasteiger partial charge in [-0.3, -0.25) is 9.52 Å². The van der Waals surface area contributed by atoms with E-state index < -0.39 is 10.0 Å². The Balaban J connectivity index is 2.28. The number of benzene rings is 2. The number of sulfonamides is 1. The van der Waals surface area contributed by atoms with Crippen LogP contribution in [-0.2, 0) is 10.0 Å². The van der Waals surface area contributed by atoms with Gasteiger partial charge in [-0.05, 0) is 73.1 Å². The summed E-state index contributed by atoms with van der Waals surface area (Å²) < 4.78 is 33.5. The Morgan fingerprint density at radius 3 is 2.26 bits per heavy atom. The summed E-state index contributed by atoms with van der Waals surface area (Å²) in [6, 6.07) is 8.97. The fourth-order valence-corrected chi connectivity index (χ4v) is 4.69. The smallest absolute Gasteiger partial charge is 0.265 e. The number of carbonyl (C=O) groups is 1.